The molecule has 0 unspecified atom stereocenters. The van der Waals surface area contributed by atoms with Gasteiger partial charge in [0.25, 0.3) is 0 Å². The van der Waals surface area contributed by atoms with Crippen molar-refractivity contribution in [2.45, 2.75) is 7.43 Å². The van der Waals surface area contributed by atoms with E-state index < -0.39 is 0 Å². The predicted molar refractivity (Wildman–Crippen MR) is 402 cm³/mol. The van der Waals surface area contributed by atoms with Crippen LogP contribution in [0.2, 0.25) is 0 Å². The number of benzene rings is 24. The van der Waals surface area contributed by atoms with Crippen molar-refractivity contribution in [1.29, 1.82) is 0 Å². The first kappa shape index (κ1) is 51.2. The molecule has 0 aliphatic heterocycles. The molecule has 24 aromatic rings. The van der Waals surface area contributed by atoms with Crippen molar-refractivity contribution in [1.82, 2.24) is 0 Å². The molecule has 0 aliphatic carbocycles. The maximum atomic E-state index is 2.34. The summed E-state index contributed by atoms with van der Waals surface area (Å²) in [6, 6.07) is 108. The molecule has 414 valence electrons. The van der Waals surface area contributed by atoms with Crippen molar-refractivity contribution >= 4 is 233 Å². The minimum Gasteiger partial charge on any atom is -0.0776 e. The van der Waals surface area contributed by atoms with E-state index in [4.69, 9.17) is 0 Å². The third-order valence-corrected chi connectivity index (χ3v) is 20.4. The second-order valence-electron chi connectivity index (χ2n) is 25.0. The van der Waals surface area contributed by atoms with Gasteiger partial charge >= 0.3 is 0 Å². The summed E-state index contributed by atoms with van der Waals surface area (Å²) >= 11 is 0. The molecule has 0 aliphatic rings. The smallest absolute Gasteiger partial charge is 0.0776 e. The van der Waals surface area contributed by atoms with Crippen LogP contribution in [0.3, 0.4) is 0 Å². The summed E-state index contributed by atoms with van der Waals surface area (Å²) in [7, 11) is 0. The van der Waals surface area contributed by atoms with Crippen LogP contribution in [0.1, 0.15) is 7.43 Å². The van der Waals surface area contributed by atoms with Gasteiger partial charge in [-0.2, -0.15) is 0 Å². The minimum atomic E-state index is 0. The molecule has 24 rings (SSSR count). The second kappa shape index (κ2) is 18.8. The van der Waals surface area contributed by atoms with Crippen LogP contribution >= 0.6 is 0 Å². The molecule has 0 saturated carbocycles. The van der Waals surface area contributed by atoms with Crippen LogP contribution in [0.25, 0.3) is 215 Å². The molecule has 0 N–H and O–H groups in total. The topological polar surface area (TPSA) is 0 Å². The highest BCUT2D eigenvalue weighted by Gasteiger charge is 2.20. The summed E-state index contributed by atoms with van der Waals surface area (Å²) < 4.78 is 0. The van der Waals surface area contributed by atoms with Gasteiger partial charge < -0.3 is 0 Å². The van der Waals surface area contributed by atoms with Crippen molar-refractivity contribution in [2.75, 3.05) is 0 Å². The quantitative estimate of drug-likeness (QED) is 0.0806. The molecule has 0 bridgehead atoms. The molecular weight excluding hydrogens is 1100 g/mol. The highest BCUT2D eigenvalue weighted by Crippen LogP contribution is 2.48. The van der Waals surface area contributed by atoms with Gasteiger partial charge in [-0.3, -0.25) is 0 Å². The van der Waals surface area contributed by atoms with Crippen LogP contribution in [0.4, 0.5) is 0 Å². The van der Waals surface area contributed by atoms with E-state index in [1.165, 1.54) is 215 Å². The molecule has 0 atom stereocenters. The zero-order valence-corrected chi connectivity index (χ0v) is 47.7. The Morgan fingerprint density at radius 3 is 0.311 bits per heavy atom. The maximum Gasteiger partial charge on any atom is 0.187 e. The van der Waals surface area contributed by atoms with Crippen molar-refractivity contribution in [3.63, 3.8) is 0 Å². The Bertz CT molecular complexity index is 5660. The van der Waals surface area contributed by atoms with E-state index in [0.29, 0.717) is 0 Å². The van der Waals surface area contributed by atoms with Crippen molar-refractivity contribution < 1.29 is 0 Å². The molecule has 0 amide bonds. The Labute approximate surface area is 527 Å². The summed E-state index contributed by atoms with van der Waals surface area (Å²) in [5, 5.41) is 54.9. The molecule has 24 aromatic carbocycles. The summed E-state index contributed by atoms with van der Waals surface area (Å²) in [5.74, 6) is 0. The van der Waals surface area contributed by atoms with E-state index >= 15 is 0 Å². The molecule has 90 heavy (non-hydrogen) atoms. The van der Waals surface area contributed by atoms with E-state index in [1.54, 1.807) is 0 Å². The van der Waals surface area contributed by atoms with Crippen LogP contribution in [0, 0.1) is 0 Å². The molecule has 0 saturated heterocycles. The predicted octanol–water partition coefficient (Wildman–Crippen LogP) is 24.8. The molecule has 0 fully saturated rings. The van der Waals surface area contributed by atoms with E-state index in [-0.39, 0.29) is 24.8 Å². The second-order valence-corrected chi connectivity index (χ2v) is 25.0. The average molecular weight is 1150 g/mol. The number of hydrogen-bond acceptors (Lipinski definition) is 0. The third kappa shape index (κ3) is 6.97. The molecule has 0 heterocycles. The highest BCUT2D eigenvalue weighted by atomic mass is 27.0. The molecule has 0 radical (unpaired) electrons. The standard InChI is InChI=1S/4C22H12.CH4.Al.3H/c4*1-3-13-7-9-18-12-16-6-2-4-14-8-10-17-11-15(5-1)19(13)21(18)22(17)20(14)16;;;;;/h4*1-12H;1H4;;;;. The van der Waals surface area contributed by atoms with Gasteiger partial charge in [0.1, 0.15) is 0 Å². The Balaban J connectivity index is 0.0000000858. The lowest BCUT2D eigenvalue weighted by atomic mass is 9.87. The molecular formula is C89H55Al. The van der Waals surface area contributed by atoms with Crippen LogP contribution < -0.4 is 0 Å². The lowest BCUT2D eigenvalue weighted by molar-refractivity contribution is 1.79. The van der Waals surface area contributed by atoms with Gasteiger partial charge in [0.05, 0.1) is 0 Å². The Kier molecular flexibility index (Phi) is 10.7. The van der Waals surface area contributed by atoms with Crippen molar-refractivity contribution in [3.8, 4) is 0 Å². The fourth-order valence-corrected chi connectivity index (χ4v) is 16.8. The lowest BCUT2D eigenvalue weighted by Crippen LogP contribution is -1.88. The summed E-state index contributed by atoms with van der Waals surface area (Å²) in [6.07, 6.45) is 0. The zero-order valence-electron chi connectivity index (χ0n) is 47.7. The average Bonchev–Trinajstić information content (AvgIpc) is 0.752. The van der Waals surface area contributed by atoms with Gasteiger partial charge in [-0.05, 0) is 264 Å². The monoisotopic (exact) mass is 1150 g/mol. The molecule has 1 heteroatoms. The van der Waals surface area contributed by atoms with Crippen LogP contribution in [-0.2, 0) is 0 Å². The van der Waals surface area contributed by atoms with E-state index in [0.717, 1.165) is 0 Å². The molecule has 0 spiro atoms. The van der Waals surface area contributed by atoms with Crippen molar-refractivity contribution in [2.24, 2.45) is 0 Å². The van der Waals surface area contributed by atoms with Gasteiger partial charge in [-0.15, -0.1) is 0 Å². The Hall–Kier alpha value is -10.9. The Morgan fingerprint density at radius 2 is 0.189 bits per heavy atom. The van der Waals surface area contributed by atoms with Crippen LogP contribution in [0.15, 0.2) is 291 Å². The first-order chi connectivity index (χ1) is 43.6. The van der Waals surface area contributed by atoms with E-state index in [2.05, 4.69) is 291 Å². The summed E-state index contributed by atoms with van der Waals surface area (Å²) in [6.45, 7) is 0. The molecule has 0 nitrogen and oxygen atoms in total. The van der Waals surface area contributed by atoms with Gasteiger partial charge in [-0.25, -0.2) is 0 Å². The number of hydrogen-bond donors (Lipinski definition) is 0. The first-order valence-corrected chi connectivity index (χ1v) is 30.9. The van der Waals surface area contributed by atoms with Gasteiger partial charge in [0.2, 0.25) is 0 Å². The van der Waals surface area contributed by atoms with Gasteiger partial charge in [-0.1, -0.05) is 250 Å². The molecule has 0 aromatic heterocycles. The third-order valence-electron chi connectivity index (χ3n) is 20.4. The fourth-order valence-electron chi connectivity index (χ4n) is 16.8. The van der Waals surface area contributed by atoms with Crippen LogP contribution in [0.5, 0.6) is 0 Å². The fraction of sp³-hybridized carbons (Fsp3) is 0.0112. The lowest BCUT2D eigenvalue weighted by Gasteiger charge is -2.16. The first-order valence-electron chi connectivity index (χ1n) is 30.9. The van der Waals surface area contributed by atoms with Gasteiger partial charge in [0.15, 0.2) is 17.4 Å². The van der Waals surface area contributed by atoms with Gasteiger partial charge in [0, 0.05) is 0 Å². The minimum absolute atomic E-state index is 0. The van der Waals surface area contributed by atoms with Crippen LogP contribution in [-0.4, -0.2) is 17.4 Å². The van der Waals surface area contributed by atoms with E-state index in [1.807, 2.05) is 0 Å². The normalized spacial score (nSPS) is 12.3. The summed E-state index contributed by atoms with van der Waals surface area (Å²) in [5.41, 5.74) is 0. The SMILES string of the molecule is C.[AlH3].c1cc2ccc3cc4cccc5ccc6cc(c1)c2c3c6c54.c1cc2ccc3cc4cccc5ccc6cc(c1)c2c3c6c54.c1cc2ccc3cc4cccc5ccc6cc(c1)c2c3c6c54.c1cc2ccc3cc4cccc5ccc6cc(c1)c2c3c6c54. The summed E-state index contributed by atoms with van der Waals surface area (Å²) in [4.78, 5) is 0. The Morgan fingerprint density at radius 1 is 0.100 bits per heavy atom. The number of rotatable bonds is 0. The highest BCUT2D eigenvalue weighted by molar-refractivity contribution is 6.40. The zero-order chi connectivity index (χ0) is 57.0. The van der Waals surface area contributed by atoms with E-state index in [9.17, 15) is 0 Å². The largest absolute Gasteiger partial charge is 0.187 e. The maximum absolute atomic E-state index is 2.34. The van der Waals surface area contributed by atoms with Crippen molar-refractivity contribution in [3.05, 3.63) is 291 Å².